The van der Waals surface area contributed by atoms with E-state index in [4.69, 9.17) is 0 Å². The SMILES string of the molecule is CCNC(Cc1ccncc1)C1C2C3CCC(C3)C21. The molecule has 1 heterocycles. The molecular weight excluding hydrogens is 232 g/mol. The van der Waals surface area contributed by atoms with Gasteiger partial charge in [-0.3, -0.25) is 4.98 Å². The molecule has 2 heteroatoms. The molecule has 5 unspecified atom stereocenters. The Morgan fingerprint density at radius 3 is 2.53 bits per heavy atom. The smallest absolute Gasteiger partial charge is 0.0270 e. The molecule has 5 atom stereocenters. The van der Waals surface area contributed by atoms with Crippen LogP contribution in [-0.2, 0) is 6.42 Å². The second-order valence-electron chi connectivity index (χ2n) is 6.79. The van der Waals surface area contributed by atoms with Crippen molar-refractivity contribution in [1.29, 1.82) is 0 Å². The van der Waals surface area contributed by atoms with Gasteiger partial charge in [-0.15, -0.1) is 0 Å². The van der Waals surface area contributed by atoms with Gasteiger partial charge in [0.1, 0.15) is 0 Å². The van der Waals surface area contributed by atoms with Gasteiger partial charge in [0.2, 0.25) is 0 Å². The first-order chi connectivity index (χ1) is 9.38. The van der Waals surface area contributed by atoms with Gasteiger partial charge in [0, 0.05) is 18.4 Å². The van der Waals surface area contributed by atoms with Gasteiger partial charge in [0.05, 0.1) is 0 Å². The zero-order valence-corrected chi connectivity index (χ0v) is 11.8. The first-order valence-electron chi connectivity index (χ1n) is 8.00. The van der Waals surface area contributed by atoms with Crippen molar-refractivity contribution >= 4 is 0 Å². The monoisotopic (exact) mass is 256 g/mol. The molecule has 0 saturated heterocycles. The summed E-state index contributed by atoms with van der Waals surface area (Å²) in [5, 5.41) is 3.77. The number of nitrogens with one attached hydrogen (secondary N) is 1. The van der Waals surface area contributed by atoms with Crippen LogP contribution in [0.4, 0.5) is 0 Å². The number of aromatic nitrogens is 1. The lowest BCUT2D eigenvalue weighted by molar-refractivity contribution is 0.365. The highest BCUT2D eigenvalue weighted by atomic mass is 14.9. The molecule has 4 rings (SSSR count). The summed E-state index contributed by atoms with van der Waals surface area (Å²) in [7, 11) is 0. The molecule has 0 aliphatic heterocycles. The molecule has 0 aromatic carbocycles. The number of hydrogen-bond donors (Lipinski definition) is 1. The predicted molar refractivity (Wildman–Crippen MR) is 76.7 cm³/mol. The molecule has 0 spiro atoms. The van der Waals surface area contributed by atoms with Gasteiger partial charge in [-0.25, -0.2) is 0 Å². The average molecular weight is 256 g/mol. The molecule has 3 aliphatic carbocycles. The van der Waals surface area contributed by atoms with Crippen LogP contribution in [0.25, 0.3) is 0 Å². The minimum absolute atomic E-state index is 0.700. The fourth-order valence-corrected chi connectivity index (χ4v) is 5.31. The van der Waals surface area contributed by atoms with Crippen molar-refractivity contribution in [3.63, 3.8) is 0 Å². The summed E-state index contributed by atoms with van der Waals surface area (Å²) < 4.78 is 0. The van der Waals surface area contributed by atoms with Crippen LogP contribution < -0.4 is 5.32 Å². The Hall–Kier alpha value is -0.890. The number of nitrogens with zero attached hydrogens (tertiary/aromatic N) is 1. The van der Waals surface area contributed by atoms with E-state index in [1.807, 2.05) is 12.4 Å². The summed E-state index contributed by atoms with van der Waals surface area (Å²) in [6, 6.07) is 5.06. The number of fused-ring (bicyclic) bond motifs is 5. The van der Waals surface area contributed by atoms with E-state index < -0.39 is 0 Å². The van der Waals surface area contributed by atoms with E-state index in [9.17, 15) is 0 Å². The van der Waals surface area contributed by atoms with Crippen molar-refractivity contribution in [2.24, 2.45) is 29.6 Å². The lowest BCUT2D eigenvalue weighted by Crippen LogP contribution is -2.35. The Bertz CT molecular complexity index is 428. The zero-order valence-electron chi connectivity index (χ0n) is 11.8. The zero-order chi connectivity index (χ0) is 12.8. The summed E-state index contributed by atoms with van der Waals surface area (Å²) in [6.07, 6.45) is 9.64. The standard InChI is InChI=1S/C17H24N2/c1-2-19-14(9-11-5-7-18-8-6-11)17-15-12-3-4-13(10-12)16(15)17/h5-8,12-17,19H,2-4,9-10H2,1H3. The third-order valence-corrected chi connectivity index (χ3v) is 5.93. The highest BCUT2D eigenvalue weighted by Gasteiger charge is 2.66. The summed E-state index contributed by atoms with van der Waals surface area (Å²) in [5.74, 6) is 5.28. The van der Waals surface area contributed by atoms with Crippen LogP contribution in [-0.4, -0.2) is 17.6 Å². The van der Waals surface area contributed by atoms with E-state index in [1.54, 1.807) is 6.42 Å². The van der Waals surface area contributed by atoms with E-state index in [0.29, 0.717) is 6.04 Å². The number of pyridine rings is 1. The molecule has 3 aliphatic rings. The van der Waals surface area contributed by atoms with E-state index in [-0.39, 0.29) is 0 Å². The number of likely N-dealkylation sites (N-methyl/N-ethyl adjacent to an activating group) is 1. The fraction of sp³-hybridized carbons (Fsp3) is 0.706. The van der Waals surface area contributed by atoms with Gasteiger partial charge in [0.15, 0.2) is 0 Å². The van der Waals surface area contributed by atoms with Gasteiger partial charge in [-0.1, -0.05) is 6.92 Å². The van der Waals surface area contributed by atoms with Crippen molar-refractivity contribution in [2.45, 2.75) is 38.6 Å². The van der Waals surface area contributed by atoms with E-state index >= 15 is 0 Å². The normalized spacial score (nSPS) is 40.2. The van der Waals surface area contributed by atoms with Gasteiger partial charge in [-0.05, 0) is 79.5 Å². The minimum atomic E-state index is 0.700. The van der Waals surface area contributed by atoms with Crippen LogP contribution in [0.3, 0.4) is 0 Å². The van der Waals surface area contributed by atoms with E-state index in [0.717, 1.165) is 36.1 Å². The molecular formula is C17H24N2. The van der Waals surface area contributed by atoms with Gasteiger partial charge in [-0.2, -0.15) is 0 Å². The highest BCUT2D eigenvalue weighted by molar-refractivity contribution is 5.19. The van der Waals surface area contributed by atoms with Crippen molar-refractivity contribution in [1.82, 2.24) is 10.3 Å². The van der Waals surface area contributed by atoms with Gasteiger partial charge < -0.3 is 5.32 Å². The van der Waals surface area contributed by atoms with Crippen molar-refractivity contribution in [3.8, 4) is 0 Å². The lowest BCUT2D eigenvalue weighted by Gasteiger charge is -2.21. The maximum absolute atomic E-state index is 4.13. The topological polar surface area (TPSA) is 24.9 Å². The summed E-state index contributed by atoms with van der Waals surface area (Å²) >= 11 is 0. The molecule has 2 bridgehead atoms. The molecule has 0 amide bonds. The Morgan fingerprint density at radius 2 is 1.89 bits per heavy atom. The third-order valence-electron chi connectivity index (χ3n) is 5.93. The first-order valence-corrected chi connectivity index (χ1v) is 8.00. The molecule has 1 aromatic heterocycles. The molecule has 3 fully saturated rings. The molecule has 0 radical (unpaired) electrons. The van der Waals surface area contributed by atoms with Crippen molar-refractivity contribution < 1.29 is 0 Å². The Labute approximate surface area is 116 Å². The molecule has 1 aromatic rings. The number of hydrogen-bond acceptors (Lipinski definition) is 2. The lowest BCUT2D eigenvalue weighted by atomic mass is 9.93. The van der Waals surface area contributed by atoms with Gasteiger partial charge >= 0.3 is 0 Å². The van der Waals surface area contributed by atoms with Crippen molar-refractivity contribution in [2.75, 3.05) is 6.54 Å². The largest absolute Gasteiger partial charge is 0.314 e. The van der Waals surface area contributed by atoms with Crippen LogP contribution in [0.1, 0.15) is 31.7 Å². The van der Waals surface area contributed by atoms with E-state index in [2.05, 4.69) is 29.4 Å². The highest BCUT2D eigenvalue weighted by Crippen LogP contribution is 2.70. The summed E-state index contributed by atoms with van der Waals surface area (Å²) in [5.41, 5.74) is 1.44. The Kier molecular flexibility index (Phi) is 2.87. The van der Waals surface area contributed by atoms with Crippen LogP contribution >= 0.6 is 0 Å². The first kappa shape index (κ1) is 11.9. The molecule has 3 saturated carbocycles. The second-order valence-corrected chi connectivity index (χ2v) is 6.79. The molecule has 1 N–H and O–H groups in total. The van der Waals surface area contributed by atoms with Crippen molar-refractivity contribution in [3.05, 3.63) is 30.1 Å². The molecule has 19 heavy (non-hydrogen) atoms. The van der Waals surface area contributed by atoms with Gasteiger partial charge in [0.25, 0.3) is 0 Å². The van der Waals surface area contributed by atoms with Crippen LogP contribution in [0.15, 0.2) is 24.5 Å². The third kappa shape index (κ3) is 1.92. The Morgan fingerprint density at radius 1 is 1.21 bits per heavy atom. The second kappa shape index (κ2) is 4.59. The van der Waals surface area contributed by atoms with Crippen LogP contribution in [0.2, 0.25) is 0 Å². The fourth-order valence-electron chi connectivity index (χ4n) is 5.31. The summed E-state index contributed by atoms with van der Waals surface area (Å²) in [4.78, 5) is 4.13. The quantitative estimate of drug-likeness (QED) is 0.876. The maximum atomic E-state index is 4.13. The van der Waals surface area contributed by atoms with Crippen LogP contribution in [0.5, 0.6) is 0 Å². The van der Waals surface area contributed by atoms with Crippen LogP contribution in [0, 0.1) is 29.6 Å². The predicted octanol–water partition coefficient (Wildman–Crippen LogP) is 2.89. The average Bonchev–Trinajstić information content (AvgIpc) is 2.87. The Balaban J connectivity index is 1.48. The number of rotatable bonds is 5. The van der Waals surface area contributed by atoms with E-state index in [1.165, 1.54) is 24.8 Å². The summed E-state index contributed by atoms with van der Waals surface area (Å²) in [6.45, 7) is 3.34. The maximum Gasteiger partial charge on any atom is 0.0270 e. The minimum Gasteiger partial charge on any atom is -0.314 e. The molecule has 102 valence electrons. The molecule has 2 nitrogen and oxygen atoms in total.